The third-order valence-electron chi connectivity index (χ3n) is 6.69. The average molecular weight is 447 g/mol. The zero-order chi connectivity index (χ0) is 22.5. The number of benzene rings is 2. The standard InChI is InChI=1S/C28H31ClN2O/c1-19(2)7-16-25(28(32)31-23-14-12-22(29)13-15-23)21-10-8-20(9-11-21)24-17-18-30-27-6-4-3-5-26(24)27/h3-7,12-15,17-18,20-21,25H,8-11,16H2,1-2H3,(H,31,32)/t20-,21+,25-/m1/s1. The van der Waals surface area contributed by atoms with Gasteiger partial charge in [0.2, 0.25) is 5.91 Å². The number of hydrogen-bond acceptors (Lipinski definition) is 2. The van der Waals surface area contributed by atoms with Gasteiger partial charge in [-0.2, -0.15) is 0 Å². The Morgan fingerprint density at radius 1 is 1.06 bits per heavy atom. The van der Waals surface area contributed by atoms with E-state index in [1.165, 1.54) is 16.5 Å². The van der Waals surface area contributed by atoms with Gasteiger partial charge in [0, 0.05) is 28.2 Å². The number of para-hydroxylation sites is 1. The van der Waals surface area contributed by atoms with Crippen molar-refractivity contribution in [3.63, 3.8) is 0 Å². The first-order valence-electron chi connectivity index (χ1n) is 11.5. The second-order valence-corrected chi connectivity index (χ2v) is 9.59. The highest BCUT2D eigenvalue weighted by molar-refractivity contribution is 6.30. The molecule has 0 unspecified atom stereocenters. The number of halogens is 1. The summed E-state index contributed by atoms with van der Waals surface area (Å²) in [6, 6.07) is 17.9. The maximum Gasteiger partial charge on any atom is 0.228 e. The Balaban J connectivity index is 1.47. The number of hydrogen-bond donors (Lipinski definition) is 1. The van der Waals surface area contributed by atoms with Crippen LogP contribution in [0.1, 0.15) is 57.4 Å². The van der Waals surface area contributed by atoms with Gasteiger partial charge >= 0.3 is 0 Å². The average Bonchev–Trinajstić information content (AvgIpc) is 2.80. The summed E-state index contributed by atoms with van der Waals surface area (Å²) < 4.78 is 0. The van der Waals surface area contributed by atoms with E-state index in [0.717, 1.165) is 43.3 Å². The molecule has 1 aliphatic carbocycles. The molecule has 3 aromatic rings. The molecule has 4 heteroatoms. The van der Waals surface area contributed by atoms with Gasteiger partial charge in [-0.3, -0.25) is 9.78 Å². The van der Waals surface area contributed by atoms with E-state index in [1.807, 2.05) is 36.5 Å². The van der Waals surface area contributed by atoms with Crippen molar-refractivity contribution in [3.05, 3.63) is 83.0 Å². The van der Waals surface area contributed by atoms with E-state index in [-0.39, 0.29) is 11.8 Å². The molecular weight excluding hydrogens is 416 g/mol. The van der Waals surface area contributed by atoms with Gasteiger partial charge in [0.05, 0.1) is 5.52 Å². The van der Waals surface area contributed by atoms with Crippen LogP contribution in [0.3, 0.4) is 0 Å². The summed E-state index contributed by atoms with van der Waals surface area (Å²) in [6.07, 6.45) is 9.27. The largest absolute Gasteiger partial charge is 0.326 e. The number of aromatic nitrogens is 1. The van der Waals surface area contributed by atoms with Crippen LogP contribution < -0.4 is 5.32 Å². The van der Waals surface area contributed by atoms with Crippen LogP contribution in [0.2, 0.25) is 5.02 Å². The van der Waals surface area contributed by atoms with Crippen molar-refractivity contribution in [2.45, 2.75) is 51.9 Å². The minimum atomic E-state index is -0.0179. The van der Waals surface area contributed by atoms with E-state index >= 15 is 0 Å². The molecule has 1 N–H and O–H groups in total. The number of carbonyl (C=O) groups excluding carboxylic acids is 1. The van der Waals surface area contributed by atoms with Crippen molar-refractivity contribution in [2.24, 2.45) is 11.8 Å². The zero-order valence-corrected chi connectivity index (χ0v) is 19.6. The number of nitrogens with one attached hydrogen (secondary N) is 1. The zero-order valence-electron chi connectivity index (χ0n) is 18.9. The monoisotopic (exact) mass is 446 g/mol. The van der Waals surface area contributed by atoms with Crippen LogP contribution in [0.15, 0.2) is 72.4 Å². The van der Waals surface area contributed by atoms with Crippen LogP contribution in [0.4, 0.5) is 5.69 Å². The molecule has 0 radical (unpaired) electrons. The normalized spacial score (nSPS) is 19.3. The van der Waals surface area contributed by atoms with Crippen molar-refractivity contribution >= 4 is 34.1 Å². The van der Waals surface area contributed by atoms with Crippen LogP contribution in [-0.2, 0) is 4.79 Å². The third kappa shape index (κ3) is 5.39. The highest BCUT2D eigenvalue weighted by atomic mass is 35.5. The molecule has 1 fully saturated rings. The molecule has 0 bridgehead atoms. The molecule has 2 aromatic carbocycles. The molecule has 4 rings (SSSR count). The summed E-state index contributed by atoms with van der Waals surface area (Å²) in [5, 5.41) is 5.06. The molecule has 32 heavy (non-hydrogen) atoms. The second-order valence-electron chi connectivity index (χ2n) is 9.15. The van der Waals surface area contributed by atoms with Gasteiger partial charge < -0.3 is 5.32 Å². The lowest BCUT2D eigenvalue weighted by molar-refractivity contribution is -0.121. The minimum absolute atomic E-state index is 0.0179. The second kappa shape index (κ2) is 10.3. The highest BCUT2D eigenvalue weighted by Gasteiger charge is 2.32. The Morgan fingerprint density at radius 2 is 1.78 bits per heavy atom. The molecule has 1 amide bonds. The molecule has 0 aliphatic heterocycles. The number of allylic oxidation sites excluding steroid dienone is 2. The van der Waals surface area contributed by atoms with Crippen molar-refractivity contribution < 1.29 is 4.79 Å². The molecule has 3 nitrogen and oxygen atoms in total. The van der Waals surface area contributed by atoms with Crippen molar-refractivity contribution in [2.75, 3.05) is 5.32 Å². The molecule has 166 valence electrons. The van der Waals surface area contributed by atoms with Gasteiger partial charge in [0.1, 0.15) is 0 Å². The summed E-state index contributed by atoms with van der Waals surface area (Å²) in [7, 11) is 0. The molecule has 1 atom stereocenters. The Kier molecular flexibility index (Phi) is 7.26. The van der Waals surface area contributed by atoms with Crippen molar-refractivity contribution in [3.8, 4) is 0 Å². The molecule has 0 saturated heterocycles. The lowest BCUT2D eigenvalue weighted by Crippen LogP contribution is -2.31. The van der Waals surface area contributed by atoms with Crippen LogP contribution in [0.5, 0.6) is 0 Å². The molecule has 1 aromatic heterocycles. The maximum atomic E-state index is 13.3. The molecule has 0 spiro atoms. The maximum absolute atomic E-state index is 13.3. The molecular formula is C28H31ClN2O. The number of nitrogens with zero attached hydrogens (tertiary/aromatic N) is 1. The molecule has 1 saturated carbocycles. The summed E-state index contributed by atoms with van der Waals surface area (Å²) in [5.74, 6) is 1.02. The number of rotatable bonds is 6. The van der Waals surface area contributed by atoms with Crippen LogP contribution >= 0.6 is 11.6 Å². The predicted octanol–water partition coefficient (Wildman–Crippen LogP) is 7.77. The Morgan fingerprint density at radius 3 is 2.50 bits per heavy atom. The lowest BCUT2D eigenvalue weighted by Gasteiger charge is -2.33. The predicted molar refractivity (Wildman–Crippen MR) is 134 cm³/mol. The molecule has 1 heterocycles. The van der Waals surface area contributed by atoms with E-state index in [4.69, 9.17) is 11.6 Å². The first-order valence-corrected chi connectivity index (χ1v) is 11.9. The number of anilines is 1. The smallest absolute Gasteiger partial charge is 0.228 e. The summed E-state index contributed by atoms with van der Waals surface area (Å²) in [4.78, 5) is 17.8. The van der Waals surface area contributed by atoms with E-state index in [9.17, 15) is 4.79 Å². The van der Waals surface area contributed by atoms with Gasteiger partial charge in [-0.25, -0.2) is 0 Å². The quantitative estimate of drug-likeness (QED) is 0.393. The van der Waals surface area contributed by atoms with Gasteiger partial charge in [-0.15, -0.1) is 0 Å². The third-order valence-corrected chi connectivity index (χ3v) is 6.94. The fourth-order valence-corrected chi connectivity index (χ4v) is 5.08. The SMILES string of the molecule is CC(C)=CC[C@@H](C(=O)Nc1ccc(Cl)cc1)[C@H]1CC[C@@H](c2ccnc3ccccc32)CC1. The van der Waals surface area contributed by atoms with E-state index in [0.29, 0.717) is 16.9 Å². The van der Waals surface area contributed by atoms with E-state index in [1.54, 1.807) is 0 Å². The number of pyridine rings is 1. The summed E-state index contributed by atoms with van der Waals surface area (Å²) in [6.45, 7) is 4.19. The topological polar surface area (TPSA) is 42.0 Å². The summed E-state index contributed by atoms with van der Waals surface area (Å²) >= 11 is 5.99. The first kappa shape index (κ1) is 22.5. The number of amides is 1. The van der Waals surface area contributed by atoms with E-state index < -0.39 is 0 Å². The van der Waals surface area contributed by atoms with Crippen LogP contribution in [0.25, 0.3) is 10.9 Å². The minimum Gasteiger partial charge on any atom is -0.326 e. The first-order chi connectivity index (χ1) is 15.5. The Labute approximate surface area is 195 Å². The fraction of sp³-hybridized carbons (Fsp3) is 0.357. The van der Waals surface area contributed by atoms with Gasteiger partial charge in [-0.05, 0) is 99.7 Å². The number of fused-ring (bicyclic) bond motifs is 1. The molecule has 1 aliphatic rings. The Bertz CT molecular complexity index is 1090. The fourth-order valence-electron chi connectivity index (χ4n) is 4.95. The van der Waals surface area contributed by atoms with Crippen molar-refractivity contribution in [1.29, 1.82) is 0 Å². The van der Waals surface area contributed by atoms with Gasteiger partial charge in [-0.1, -0.05) is 41.4 Å². The van der Waals surface area contributed by atoms with E-state index in [2.05, 4.69) is 54.5 Å². The van der Waals surface area contributed by atoms with Crippen molar-refractivity contribution in [1.82, 2.24) is 4.98 Å². The van der Waals surface area contributed by atoms with Crippen LogP contribution in [-0.4, -0.2) is 10.9 Å². The van der Waals surface area contributed by atoms with Gasteiger partial charge in [0.15, 0.2) is 0 Å². The van der Waals surface area contributed by atoms with Crippen LogP contribution in [0, 0.1) is 11.8 Å². The number of carbonyl (C=O) groups is 1. The Hall–Kier alpha value is -2.65. The van der Waals surface area contributed by atoms with Gasteiger partial charge in [0.25, 0.3) is 0 Å². The lowest BCUT2D eigenvalue weighted by atomic mass is 9.72. The summed E-state index contributed by atoms with van der Waals surface area (Å²) in [5.41, 5.74) is 4.53. The highest BCUT2D eigenvalue weighted by Crippen LogP contribution is 2.41.